The number of hydrogen-bond donors (Lipinski definition) is 2. The Hall–Kier alpha value is -1.20. The van der Waals surface area contributed by atoms with E-state index in [0.29, 0.717) is 10.2 Å². The summed E-state index contributed by atoms with van der Waals surface area (Å²) in [5, 5.41) is 11.9. The predicted molar refractivity (Wildman–Crippen MR) is 67.5 cm³/mol. The van der Waals surface area contributed by atoms with Gasteiger partial charge in [0.25, 0.3) is 5.91 Å². The van der Waals surface area contributed by atoms with Crippen LogP contribution in [0.1, 0.15) is 16.8 Å². The first-order valence-corrected chi connectivity index (χ1v) is 6.20. The molecule has 1 aliphatic carbocycles. The van der Waals surface area contributed by atoms with Gasteiger partial charge >= 0.3 is 0 Å². The molecule has 0 saturated carbocycles. The summed E-state index contributed by atoms with van der Waals surface area (Å²) in [6, 6.07) is 3.45. The van der Waals surface area contributed by atoms with Crippen LogP contribution in [0.5, 0.6) is 0 Å². The van der Waals surface area contributed by atoms with Crippen molar-refractivity contribution in [1.82, 2.24) is 10.3 Å². The van der Waals surface area contributed by atoms with Gasteiger partial charge in [-0.25, -0.2) is 4.98 Å². The normalized spacial score (nSPS) is 22.7. The Morgan fingerprint density at radius 1 is 1.53 bits per heavy atom. The molecule has 90 valence electrons. The van der Waals surface area contributed by atoms with E-state index in [1.165, 1.54) is 6.20 Å². The summed E-state index contributed by atoms with van der Waals surface area (Å²) in [5.74, 6) is 0.0154. The van der Waals surface area contributed by atoms with Gasteiger partial charge < -0.3 is 10.4 Å². The predicted octanol–water partition coefficient (Wildman–Crippen LogP) is 1.51. The molecule has 0 aromatic carbocycles. The van der Waals surface area contributed by atoms with E-state index in [1.807, 2.05) is 12.2 Å². The molecule has 1 heterocycles. The smallest absolute Gasteiger partial charge is 0.253 e. The molecular weight excluding hydrogens is 284 g/mol. The number of aliphatic hydroxyl groups is 1. The monoisotopic (exact) mass is 296 g/mol. The third kappa shape index (κ3) is 3.14. The number of aromatic nitrogens is 1. The van der Waals surface area contributed by atoms with Crippen LogP contribution in [0, 0.1) is 5.92 Å². The van der Waals surface area contributed by atoms with E-state index in [2.05, 4.69) is 26.2 Å². The number of amides is 1. The van der Waals surface area contributed by atoms with Gasteiger partial charge in [0.2, 0.25) is 0 Å². The summed E-state index contributed by atoms with van der Waals surface area (Å²) in [6.45, 7) is 0.128. The van der Waals surface area contributed by atoms with Crippen molar-refractivity contribution in [3.8, 4) is 0 Å². The average Bonchev–Trinajstić information content (AvgIpc) is 2.77. The van der Waals surface area contributed by atoms with Crippen LogP contribution in [0.4, 0.5) is 0 Å². The molecule has 1 aromatic rings. The second kappa shape index (κ2) is 5.42. The molecule has 0 unspecified atom stereocenters. The second-order valence-electron chi connectivity index (χ2n) is 4.01. The van der Waals surface area contributed by atoms with Gasteiger partial charge in [0.15, 0.2) is 0 Å². The summed E-state index contributed by atoms with van der Waals surface area (Å²) in [7, 11) is 0. The quantitative estimate of drug-likeness (QED) is 0.656. The zero-order valence-electron chi connectivity index (χ0n) is 9.14. The molecular formula is C12H13BrN2O2. The van der Waals surface area contributed by atoms with Gasteiger partial charge in [0, 0.05) is 24.8 Å². The van der Waals surface area contributed by atoms with Gasteiger partial charge in [-0.05, 0) is 34.5 Å². The molecule has 0 aliphatic heterocycles. The number of nitrogens with one attached hydrogen (secondary N) is 1. The van der Waals surface area contributed by atoms with Crippen LogP contribution in [-0.4, -0.2) is 28.6 Å². The van der Waals surface area contributed by atoms with Crippen molar-refractivity contribution in [3.63, 3.8) is 0 Å². The molecule has 17 heavy (non-hydrogen) atoms. The molecule has 0 radical (unpaired) electrons. The van der Waals surface area contributed by atoms with Gasteiger partial charge in [-0.2, -0.15) is 0 Å². The van der Waals surface area contributed by atoms with Crippen molar-refractivity contribution >= 4 is 21.8 Å². The van der Waals surface area contributed by atoms with E-state index in [0.717, 1.165) is 6.42 Å². The Balaban J connectivity index is 1.94. The third-order valence-corrected chi connectivity index (χ3v) is 3.18. The maximum Gasteiger partial charge on any atom is 0.253 e. The summed E-state index contributed by atoms with van der Waals surface area (Å²) in [5.41, 5.74) is 0.536. The summed E-state index contributed by atoms with van der Waals surface area (Å²) in [6.07, 6.45) is 6.14. The lowest BCUT2D eigenvalue weighted by molar-refractivity contribution is 0.0940. The van der Waals surface area contributed by atoms with Crippen molar-refractivity contribution in [2.24, 2.45) is 5.92 Å². The fourth-order valence-electron chi connectivity index (χ4n) is 1.78. The van der Waals surface area contributed by atoms with E-state index in [1.54, 1.807) is 12.1 Å². The molecule has 4 nitrogen and oxygen atoms in total. The summed E-state index contributed by atoms with van der Waals surface area (Å²) >= 11 is 3.22. The zero-order chi connectivity index (χ0) is 12.3. The van der Waals surface area contributed by atoms with Gasteiger partial charge in [0.05, 0.1) is 5.56 Å². The van der Waals surface area contributed by atoms with Gasteiger partial charge in [-0.3, -0.25) is 4.79 Å². The minimum Gasteiger partial charge on any atom is -0.396 e. The highest BCUT2D eigenvalue weighted by Crippen LogP contribution is 2.17. The number of pyridine rings is 1. The highest BCUT2D eigenvalue weighted by Gasteiger charge is 2.20. The van der Waals surface area contributed by atoms with Gasteiger partial charge in [-0.15, -0.1) is 0 Å². The molecule has 1 aromatic heterocycles. The second-order valence-corrected chi connectivity index (χ2v) is 4.83. The fraction of sp³-hybridized carbons (Fsp3) is 0.333. The number of rotatable bonds is 3. The van der Waals surface area contributed by atoms with E-state index in [-0.39, 0.29) is 24.5 Å². The standard InChI is InChI=1S/C12H13BrN2O2/c13-11-4-2-9(6-14-11)12(17)15-10-3-1-8(5-10)7-16/h1-4,6,8,10,16H,5,7H2,(H,15,17)/t8-,10+/m0/s1. The number of halogens is 1. The molecule has 2 N–H and O–H groups in total. The summed E-state index contributed by atoms with van der Waals surface area (Å²) < 4.78 is 0.704. The minimum atomic E-state index is -0.141. The molecule has 2 rings (SSSR count). The molecule has 0 saturated heterocycles. The first-order valence-electron chi connectivity index (χ1n) is 5.40. The maximum absolute atomic E-state index is 11.8. The Labute approximate surface area is 108 Å². The summed E-state index contributed by atoms with van der Waals surface area (Å²) in [4.78, 5) is 15.8. The topological polar surface area (TPSA) is 62.2 Å². The highest BCUT2D eigenvalue weighted by atomic mass is 79.9. The van der Waals surface area contributed by atoms with Gasteiger partial charge in [0.1, 0.15) is 4.60 Å². The average molecular weight is 297 g/mol. The van der Waals surface area contributed by atoms with E-state index in [4.69, 9.17) is 5.11 Å². The van der Waals surface area contributed by atoms with Crippen LogP contribution < -0.4 is 5.32 Å². The molecule has 2 atom stereocenters. The lowest BCUT2D eigenvalue weighted by Crippen LogP contribution is -2.32. The first kappa shape index (κ1) is 12.3. The molecule has 0 fully saturated rings. The lowest BCUT2D eigenvalue weighted by atomic mass is 10.1. The van der Waals surface area contributed by atoms with E-state index in [9.17, 15) is 4.79 Å². The molecule has 0 spiro atoms. The van der Waals surface area contributed by atoms with Crippen molar-refractivity contribution in [2.75, 3.05) is 6.61 Å². The molecule has 5 heteroatoms. The largest absolute Gasteiger partial charge is 0.396 e. The number of nitrogens with zero attached hydrogens (tertiary/aromatic N) is 1. The molecule has 1 aliphatic rings. The van der Waals surface area contributed by atoms with Crippen molar-refractivity contribution in [2.45, 2.75) is 12.5 Å². The highest BCUT2D eigenvalue weighted by molar-refractivity contribution is 9.10. The third-order valence-electron chi connectivity index (χ3n) is 2.71. The number of carbonyl (C=O) groups excluding carboxylic acids is 1. The van der Waals surface area contributed by atoms with Crippen LogP contribution in [0.25, 0.3) is 0 Å². The number of aliphatic hydroxyl groups excluding tert-OH is 1. The minimum absolute atomic E-state index is 0.00305. The van der Waals surface area contributed by atoms with Crippen molar-refractivity contribution in [1.29, 1.82) is 0 Å². The van der Waals surface area contributed by atoms with E-state index >= 15 is 0 Å². The Kier molecular flexibility index (Phi) is 3.91. The number of hydrogen-bond acceptors (Lipinski definition) is 3. The van der Waals surface area contributed by atoms with Crippen LogP contribution >= 0.6 is 15.9 Å². The molecule has 1 amide bonds. The first-order chi connectivity index (χ1) is 8.19. The van der Waals surface area contributed by atoms with Crippen LogP contribution in [-0.2, 0) is 0 Å². The van der Waals surface area contributed by atoms with Crippen LogP contribution in [0.2, 0.25) is 0 Å². The van der Waals surface area contributed by atoms with Crippen molar-refractivity contribution < 1.29 is 9.90 Å². The Morgan fingerprint density at radius 3 is 2.94 bits per heavy atom. The Bertz CT molecular complexity index is 431. The fourth-order valence-corrected chi connectivity index (χ4v) is 2.01. The van der Waals surface area contributed by atoms with Crippen LogP contribution in [0.3, 0.4) is 0 Å². The lowest BCUT2D eigenvalue weighted by Gasteiger charge is -2.12. The zero-order valence-corrected chi connectivity index (χ0v) is 10.7. The van der Waals surface area contributed by atoms with Gasteiger partial charge in [-0.1, -0.05) is 12.2 Å². The van der Waals surface area contributed by atoms with Crippen molar-refractivity contribution in [3.05, 3.63) is 40.6 Å². The molecule has 0 bridgehead atoms. The van der Waals surface area contributed by atoms with Crippen LogP contribution in [0.15, 0.2) is 35.1 Å². The Morgan fingerprint density at radius 2 is 2.35 bits per heavy atom. The maximum atomic E-state index is 11.8. The number of carbonyl (C=O) groups is 1. The van der Waals surface area contributed by atoms with E-state index < -0.39 is 0 Å². The SMILES string of the molecule is O=C(N[C@@H]1C=C[C@H](CO)C1)c1ccc(Br)nc1.